The van der Waals surface area contributed by atoms with Gasteiger partial charge in [-0.2, -0.15) is 0 Å². The Morgan fingerprint density at radius 3 is 2.50 bits per heavy atom. The van der Waals surface area contributed by atoms with E-state index in [1.807, 2.05) is 38.1 Å². The molecule has 1 N–H and O–H groups in total. The summed E-state index contributed by atoms with van der Waals surface area (Å²) >= 11 is 8.51. The van der Waals surface area contributed by atoms with Gasteiger partial charge in [-0.15, -0.1) is 21.5 Å². The van der Waals surface area contributed by atoms with Crippen LogP contribution in [0.5, 0.6) is 0 Å². The van der Waals surface area contributed by atoms with Crippen molar-refractivity contribution in [3.8, 4) is 22.7 Å². The molecule has 4 rings (SSSR count). The molecule has 0 aliphatic rings. The van der Waals surface area contributed by atoms with Crippen LogP contribution in [0.25, 0.3) is 22.7 Å². The smallest absolute Gasteiger partial charge is 0.277 e. The summed E-state index contributed by atoms with van der Waals surface area (Å²) < 4.78 is 5.61. The average Bonchev–Trinajstić information content (AvgIpc) is 3.34. The third kappa shape index (κ3) is 4.89. The van der Waals surface area contributed by atoms with Crippen molar-refractivity contribution >= 4 is 45.7 Å². The second kappa shape index (κ2) is 8.99. The molecule has 0 unspecified atom stereocenters. The van der Waals surface area contributed by atoms with Gasteiger partial charge in [-0.05, 0) is 38.1 Å². The molecule has 0 bridgehead atoms. The average molecular weight is 457 g/mol. The number of halogens is 1. The number of nitrogens with zero attached hydrogens (tertiary/aromatic N) is 3. The fourth-order valence-corrected chi connectivity index (χ4v) is 4.23. The van der Waals surface area contributed by atoms with Crippen molar-refractivity contribution in [2.45, 2.75) is 19.1 Å². The molecular weight excluding hydrogens is 440 g/mol. The number of hydrogen-bond donors (Lipinski definition) is 1. The molecule has 9 heteroatoms. The zero-order valence-electron chi connectivity index (χ0n) is 16.2. The highest BCUT2D eigenvalue weighted by Crippen LogP contribution is 2.31. The number of carbonyl (C=O) groups is 1. The van der Waals surface area contributed by atoms with E-state index >= 15 is 0 Å². The second-order valence-electron chi connectivity index (χ2n) is 6.51. The number of anilines is 1. The summed E-state index contributed by atoms with van der Waals surface area (Å²) in [6.07, 6.45) is 0. The molecule has 0 saturated carbocycles. The molecule has 2 heterocycles. The first kappa shape index (κ1) is 20.6. The van der Waals surface area contributed by atoms with Crippen LogP contribution in [0.2, 0.25) is 5.02 Å². The molecule has 0 saturated heterocycles. The molecule has 0 fully saturated rings. The Bertz CT molecular complexity index is 1170. The Hall–Kier alpha value is -2.68. The van der Waals surface area contributed by atoms with Gasteiger partial charge in [0, 0.05) is 21.0 Å². The molecule has 0 atom stereocenters. The van der Waals surface area contributed by atoms with Crippen LogP contribution in [-0.4, -0.2) is 26.8 Å². The quantitative estimate of drug-likeness (QED) is 0.366. The number of nitrogens with one attached hydrogen (secondary N) is 1. The number of aryl methyl sites for hydroxylation is 2. The van der Waals surface area contributed by atoms with E-state index in [4.69, 9.17) is 16.0 Å². The van der Waals surface area contributed by atoms with Crippen molar-refractivity contribution in [1.29, 1.82) is 0 Å². The normalized spacial score (nSPS) is 10.9. The van der Waals surface area contributed by atoms with Gasteiger partial charge in [-0.1, -0.05) is 53.2 Å². The summed E-state index contributed by atoms with van der Waals surface area (Å²) in [5, 5.41) is 12.4. The van der Waals surface area contributed by atoms with Crippen molar-refractivity contribution in [1.82, 2.24) is 15.2 Å². The zero-order valence-corrected chi connectivity index (χ0v) is 18.6. The maximum absolute atomic E-state index is 12.3. The molecule has 4 aromatic rings. The lowest BCUT2D eigenvalue weighted by Gasteiger charge is -2.00. The molecule has 6 nitrogen and oxygen atoms in total. The topological polar surface area (TPSA) is 80.9 Å². The molecule has 2 aromatic carbocycles. The van der Waals surface area contributed by atoms with Crippen LogP contribution in [0.4, 0.5) is 5.13 Å². The maximum Gasteiger partial charge on any atom is 0.277 e. The molecule has 30 heavy (non-hydrogen) atoms. The number of hydrogen-bond acceptors (Lipinski definition) is 7. The minimum Gasteiger partial charge on any atom is -0.411 e. The second-order valence-corrected chi connectivity index (χ2v) is 9.07. The number of thiazole rings is 1. The molecule has 0 spiro atoms. The van der Waals surface area contributed by atoms with Crippen molar-refractivity contribution in [3.63, 3.8) is 0 Å². The number of rotatable bonds is 6. The summed E-state index contributed by atoms with van der Waals surface area (Å²) in [6.45, 7) is 4.04. The summed E-state index contributed by atoms with van der Waals surface area (Å²) in [6, 6.07) is 15.3. The van der Waals surface area contributed by atoms with Crippen molar-refractivity contribution < 1.29 is 9.21 Å². The lowest BCUT2D eigenvalue weighted by atomic mass is 10.1. The lowest BCUT2D eigenvalue weighted by molar-refractivity contribution is -0.113. The highest BCUT2D eigenvalue weighted by molar-refractivity contribution is 7.99. The van der Waals surface area contributed by atoms with E-state index in [0.29, 0.717) is 21.3 Å². The Kier molecular flexibility index (Phi) is 6.17. The van der Waals surface area contributed by atoms with E-state index in [1.165, 1.54) is 28.7 Å². The van der Waals surface area contributed by atoms with Crippen LogP contribution in [0.3, 0.4) is 0 Å². The monoisotopic (exact) mass is 456 g/mol. The minimum absolute atomic E-state index is 0.140. The van der Waals surface area contributed by atoms with Crippen LogP contribution < -0.4 is 5.32 Å². The lowest BCUT2D eigenvalue weighted by Crippen LogP contribution is -2.13. The number of aromatic nitrogens is 3. The van der Waals surface area contributed by atoms with Crippen LogP contribution in [0, 0.1) is 13.8 Å². The van der Waals surface area contributed by atoms with Gasteiger partial charge in [0.2, 0.25) is 11.8 Å². The van der Waals surface area contributed by atoms with Crippen LogP contribution in [0.15, 0.2) is 58.2 Å². The Morgan fingerprint density at radius 1 is 1.07 bits per heavy atom. The molecule has 152 valence electrons. The Labute approximate surface area is 186 Å². The van der Waals surface area contributed by atoms with E-state index in [1.54, 1.807) is 24.3 Å². The highest BCUT2D eigenvalue weighted by atomic mass is 35.5. The van der Waals surface area contributed by atoms with Gasteiger partial charge in [-0.25, -0.2) is 4.98 Å². The van der Waals surface area contributed by atoms with Crippen LogP contribution in [-0.2, 0) is 4.79 Å². The molecule has 2 aromatic heterocycles. The number of benzene rings is 2. The summed E-state index contributed by atoms with van der Waals surface area (Å²) in [5.41, 5.74) is 3.87. The molecular formula is C21H17ClN4O2S2. The third-order valence-corrected chi connectivity index (χ3v) is 6.15. The standard InChI is InChI=1S/C21H17ClN4O2S2/c1-12-3-5-14(6-4-12)18-13(2)30-20(24-18)23-17(27)11-29-21-26-25-19(28-21)15-7-9-16(22)10-8-15/h3-10H,11H2,1-2H3,(H,23,24,27). The number of thioether (sulfide) groups is 1. The minimum atomic E-state index is -0.185. The Balaban J connectivity index is 1.36. The summed E-state index contributed by atoms with van der Waals surface area (Å²) in [5.74, 6) is 0.337. The Morgan fingerprint density at radius 2 is 1.77 bits per heavy atom. The van der Waals surface area contributed by atoms with Gasteiger partial charge in [0.25, 0.3) is 5.22 Å². The van der Waals surface area contributed by atoms with Gasteiger partial charge < -0.3 is 9.73 Å². The van der Waals surface area contributed by atoms with Crippen molar-refractivity contribution in [2.75, 3.05) is 11.1 Å². The zero-order chi connectivity index (χ0) is 21.1. The predicted molar refractivity (Wildman–Crippen MR) is 121 cm³/mol. The SMILES string of the molecule is Cc1ccc(-c2nc(NC(=O)CSc3nnc(-c4ccc(Cl)cc4)o3)sc2C)cc1. The fraction of sp³-hybridized carbons (Fsp3) is 0.143. The van der Waals surface area contributed by atoms with Crippen molar-refractivity contribution in [2.24, 2.45) is 0 Å². The van der Waals surface area contributed by atoms with E-state index in [0.717, 1.165) is 21.7 Å². The van der Waals surface area contributed by atoms with Crippen molar-refractivity contribution in [3.05, 3.63) is 64.0 Å². The molecule has 0 aliphatic heterocycles. The van der Waals surface area contributed by atoms with Gasteiger partial charge in [0.05, 0.1) is 11.4 Å². The van der Waals surface area contributed by atoms with Crippen LogP contribution in [0.1, 0.15) is 10.4 Å². The van der Waals surface area contributed by atoms with E-state index in [9.17, 15) is 4.79 Å². The number of amides is 1. The first-order valence-electron chi connectivity index (χ1n) is 9.04. The highest BCUT2D eigenvalue weighted by Gasteiger charge is 2.14. The summed E-state index contributed by atoms with van der Waals surface area (Å²) in [4.78, 5) is 18.0. The van der Waals surface area contributed by atoms with Gasteiger partial charge in [-0.3, -0.25) is 4.79 Å². The maximum atomic E-state index is 12.3. The first-order chi connectivity index (χ1) is 14.5. The molecule has 0 aliphatic carbocycles. The largest absolute Gasteiger partial charge is 0.411 e. The van der Waals surface area contributed by atoms with Crippen LogP contribution >= 0.6 is 34.7 Å². The predicted octanol–water partition coefficient (Wildman–Crippen LogP) is 5.86. The van der Waals surface area contributed by atoms with Gasteiger partial charge in [0.15, 0.2) is 5.13 Å². The van der Waals surface area contributed by atoms with E-state index in [-0.39, 0.29) is 11.7 Å². The fourth-order valence-electron chi connectivity index (χ4n) is 2.69. The molecule has 0 radical (unpaired) electrons. The van der Waals surface area contributed by atoms with Gasteiger partial charge >= 0.3 is 0 Å². The molecule has 1 amide bonds. The van der Waals surface area contributed by atoms with Gasteiger partial charge in [0.1, 0.15) is 0 Å². The number of carbonyl (C=O) groups excluding carboxylic acids is 1. The van der Waals surface area contributed by atoms with E-state index < -0.39 is 0 Å². The third-order valence-electron chi connectivity index (χ3n) is 4.19. The van der Waals surface area contributed by atoms with E-state index in [2.05, 4.69) is 20.5 Å². The summed E-state index contributed by atoms with van der Waals surface area (Å²) in [7, 11) is 0. The first-order valence-corrected chi connectivity index (χ1v) is 11.2.